The van der Waals surface area contributed by atoms with Gasteiger partial charge in [0.2, 0.25) is 0 Å². The van der Waals surface area contributed by atoms with Gasteiger partial charge in [-0.25, -0.2) is 0 Å². The molecule has 0 aromatic heterocycles. The van der Waals surface area contributed by atoms with Crippen LogP contribution in [0.15, 0.2) is 18.2 Å². The standard InChI is InChI=1S/C13H15ClF3NO/c14-11-4-3-9(7-10(11)13(15,16)17)18-8-12(19)5-1-2-6-12/h3-4,7,18-19H,1-2,5-6,8H2. The Morgan fingerprint density at radius 1 is 1.26 bits per heavy atom. The summed E-state index contributed by atoms with van der Waals surface area (Å²) in [7, 11) is 0. The van der Waals surface area contributed by atoms with E-state index in [-0.39, 0.29) is 11.6 Å². The molecule has 0 radical (unpaired) electrons. The van der Waals surface area contributed by atoms with Crippen molar-refractivity contribution in [2.45, 2.75) is 37.5 Å². The predicted molar refractivity (Wildman–Crippen MR) is 68.4 cm³/mol. The second-order valence-corrected chi connectivity index (χ2v) is 5.38. The van der Waals surface area contributed by atoms with E-state index in [0.717, 1.165) is 18.9 Å². The van der Waals surface area contributed by atoms with E-state index in [1.807, 2.05) is 0 Å². The van der Waals surface area contributed by atoms with Gasteiger partial charge in [0, 0.05) is 12.2 Å². The van der Waals surface area contributed by atoms with E-state index in [1.54, 1.807) is 0 Å². The molecule has 0 aliphatic heterocycles. The number of halogens is 4. The quantitative estimate of drug-likeness (QED) is 0.880. The predicted octanol–water partition coefficient (Wildman–Crippen LogP) is 4.08. The van der Waals surface area contributed by atoms with Crippen molar-refractivity contribution in [3.05, 3.63) is 28.8 Å². The van der Waals surface area contributed by atoms with E-state index in [1.165, 1.54) is 12.1 Å². The summed E-state index contributed by atoms with van der Waals surface area (Å²) in [4.78, 5) is 0. The maximum absolute atomic E-state index is 12.7. The molecule has 1 fully saturated rings. The Hall–Kier alpha value is -0.940. The van der Waals surface area contributed by atoms with Crippen molar-refractivity contribution in [3.8, 4) is 0 Å². The second-order valence-electron chi connectivity index (χ2n) is 4.98. The molecule has 1 aromatic rings. The number of hydrogen-bond donors (Lipinski definition) is 2. The largest absolute Gasteiger partial charge is 0.417 e. The van der Waals surface area contributed by atoms with Crippen molar-refractivity contribution in [1.29, 1.82) is 0 Å². The highest BCUT2D eigenvalue weighted by atomic mass is 35.5. The molecule has 0 atom stereocenters. The van der Waals surface area contributed by atoms with Gasteiger partial charge in [-0.2, -0.15) is 13.2 Å². The molecule has 0 amide bonds. The van der Waals surface area contributed by atoms with Crippen molar-refractivity contribution < 1.29 is 18.3 Å². The van der Waals surface area contributed by atoms with Crippen LogP contribution in [-0.4, -0.2) is 17.3 Å². The van der Waals surface area contributed by atoms with Gasteiger partial charge in [-0.1, -0.05) is 24.4 Å². The number of nitrogens with one attached hydrogen (secondary N) is 1. The minimum absolute atomic E-state index is 0.256. The molecule has 1 saturated carbocycles. The van der Waals surface area contributed by atoms with Crippen molar-refractivity contribution in [3.63, 3.8) is 0 Å². The molecule has 2 nitrogen and oxygen atoms in total. The highest BCUT2D eigenvalue weighted by molar-refractivity contribution is 6.31. The van der Waals surface area contributed by atoms with E-state index in [2.05, 4.69) is 5.32 Å². The SMILES string of the molecule is OC1(CNc2ccc(Cl)c(C(F)(F)F)c2)CCCC1. The lowest BCUT2D eigenvalue weighted by molar-refractivity contribution is -0.137. The molecule has 2 rings (SSSR count). The number of rotatable bonds is 3. The molecule has 0 spiro atoms. The van der Waals surface area contributed by atoms with Crippen LogP contribution in [0.1, 0.15) is 31.2 Å². The molecule has 6 heteroatoms. The Balaban J connectivity index is 2.09. The van der Waals surface area contributed by atoms with Crippen LogP contribution in [-0.2, 0) is 6.18 Å². The molecule has 1 aromatic carbocycles. The number of aliphatic hydroxyl groups is 1. The molecule has 0 bridgehead atoms. The van der Waals surface area contributed by atoms with Gasteiger partial charge in [0.15, 0.2) is 0 Å². The van der Waals surface area contributed by atoms with E-state index in [0.29, 0.717) is 18.5 Å². The molecule has 0 unspecified atom stereocenters. The maximum atomic E-state index is 12.7. The van der Waals surface area contributed by atoms with Gasteiger partial charge in [-0.05, 0) is 31.0 Å². The third-order valence-corrected chi connectivity index (χ3v) is 3.76. The van der Waals surface area contributed by atoms with Gasteiger partial charge in [0.1, 0.15) is 0 Å². The molecular weight excluding hydrogens is 279 g/mol. The summed E-state index contributed by atoms with van der Waals surface area (Å²) < 4.78 is 38.1. The monoisotopic (exact) mass is 293 g/mol. The molecule has 1 aliphatic carbocycles. The molecule has 2 N–H and O–H groups in total. The van der Waals surface area contributed by atoms with Gasteiger partial charge in [-0.3, -0.25) is 0 Å². The average molecular weight is 294 g/mol. The Kier molecular flexibility index (Phi) is 3.97. The van der Waals surface area contributed by atoms with Gasteiger partial charge in [-0.15, -0.1) is 0 Å². The molecule has 0 saturated heterocycles. The van der Waals surface area contributed by atoms with Crippen LogP contribution < -0.4 is 5.32 Å². The molecule has 106 valence electrons. The lowest BCUT2D eigenvalue weighted by Crippen LogP contribution is -2.33. The van der Waals surface area contributed by atoms with E-state index < -0.39 is 17.3 Å². The van der Waals surface area contributed by atoms with Crippen LogP contribution in [0.4, 0.5) is 18.9 Å². The summed E-state index contributed by atoms with van der Waals surface area (Å²) in [5.74, 6) is 0. The molecule has 1 aliphatic rings. The summed E-state index contributed by atoms with van der Waals surface area (Å²) in [6.45, 7) is 0.256. The zero-order valence-corrected chi connectivity index (χ0v) is 11.0. The van der Waals surface area contributed by atoms with Crippen molar-refractivity contribution in [1.82, 2.24) is 0 Å². The first kappa shape index (κ1) is 14.5. The fourth-order valence-corrected chi connectivity index (χ4v) is 2.55. The third kappa shape index (κ3) is 3.54. The summed E-state index contributed by atoms with van der Waals surface area (Å²) in [5.41, 5.74) is -1.35. The molecule has 0 heterocycles. The lowest BCUT2D eigenvalue weighted by atomic mass is 10.0. The third-order valence-electron chi connectivity index (χ3n) is 3.43. The normalized spacial score (nSPS) is 18.6. The zero-order valence-electron chi connectivity index (χ0n) is 10.2. The summed E-state index contributed by atoms with van der Waals surface area (Å²) in [6.07, 6.45) is -1.21. The highest BCUT2D eigenvalue weighted by Crippen LogP contribution is 2.36. The van der Waals surface area contributed by atoms with Crippen LogP contribution in [0.3, 0.4) is 0 Å². The minimum Gasteiger partial charge on any atom is -0.388 e. The van der Waals surface area contributed by atoms with E-state index in [9.17, 15) is 18.3 Å². The first-order valence-corrected chi connectivity index (χ1v) is 6.51. The Morgan fingerprint density at radius 3 is 2.47 bits per heavy atom. The van der Waals surface area contributed by atoms with Crippen LogP contribution in [0.5, 0.6) is 0 Å². The Labute approximate surface area is 114 Å². The fourth-order valence-electron chi connectivity index (χ4n) is 2.33. The Morgan fingerprint density at radius 2 is 1.89 bits per heavy atom. The summed E-state index contributed by atoms with van der Waals surface area (Å²) in [5, 5.41) is 12.7. The van der Waals surface area contributed by atoms with Gasteiger partial charge in [0.25, 0.3) is 0 Å². The number of anilines is 1. The smallest absolute Gasteiger partial charge is 0.388 e. The molecule has 19 heavy (non-hydrogen) atoms. The summed E-state index contributed by atoms with van der Waals surface area (Å²) in [6, 6.07) is 3.67. The van der Waals surface area contributed by atoms with E-state index >= 15 is 0 Å². The van der Waals surface area contributed by atoms with Crippen molar-refractivity contribution >= 4 is 17.3 Å². The van der Waals surface area contributed by atoms with E-state index in [4.69, 9.17) is 11.6 Å². The first-order chi connectivity index (χ1) is 8.80. The van der Waals surface area contributed by atoms with Crippen molar-refractivity contribution in [2.24, 2.45) is 0 Å². The Bertz CT molecular complexity index is 456. The number of alkyl halides is 3. The average Bonchev–Trinajstić information content (AvgIpc) is 2.74. The second kappa shape index (κ2) is 5.21. The van der Waals surface area contributed by atoms with Crippen LogP contribution in [0.25, 0.3) is 0 Å². The molecular formula is C13H15ClF3NO. The summed E-state index contributed by atoms with van der Waals surface area (Å²) >= 11 is 5.54. The zero-order chi connectivity index (χ0) is 14.1. The number of benzene rings is 1. The van der Waals surface area contributed by atoms with Crippen molar-refractivity contribution in [2.75, 3.05) is 11.9 Å². The van der Waals surface area contributed by atoms with Gasteiger partial charge < -0.3 is 10.4 Å². The first-order valence-electron chi connectivity index (χ1n) is 6.13. The maximum Gasteiger partial charge on any atom is 0.417 e. The van der Waals surface area contributed by atoms with Crippen LogP contribution >= 0.6 is 11.6 Å². The number of hydrogen-bond acceptors (Lipinski definition) is 2. The van der Waals surface area contributed by atoms with Crippen LogP contribution in [0, 0.1) is 0 Å². The highest BCUT2D eigenvalue weighted by Gasteiger charge is 2.34. The van der Waals surface area contributed by atoms with Crippen LogP contribution in [0.2, 0.25) is 5.02 Å². The topological polar surface area (TPSA) is 32.3 Å². The van der Waals surface area contributed by atoms with Gasteiger partial charge >= 0.3 is 6.18 Å². The fraction of sp³-hybridized carbons (Fsp3) is 0.538. The minimum atomic E-state index is -4.47. The lowest BCUT2D eigenvalue weighted by Gasteiger charge is -2.23. The van der Waals surface area contributed by atoms with Gasteiger partial charge in [0.05, 0.1) is 16.2 Å².